The van der Waals surface area contributed by atoms with E-state index in [9.17, 15) is 17.6 Å². The molecule has 2 fully saturated rings. The van der Waals surface area contributed by atoms with Gasteiger partial charge in [0.25, 0.3) is 5.91 Å². The van der Waals surface area contributed by atoms with Crippen molar-refractivity contribution >= 4 is 28.3 Å². The van der Waals surface area contributed by atoms with Crippen LogP contribution in [0.4, 0.5) is 4.39 Å². The monoisotopic (exact) mass is 491 g/mol. The first-order valence-corrected chi connectivity index (χ1v) is 12.7. The minimum atomic E-state index is -3.27. The van der Waals surface area contributed by atoms with E-state index >= 15 is 0 Å². The van der Waals surface area contributed by atoms with Gasteiger partial charge in [0.15, 0.2) is 0 Å². The lowest BCUT2D eigenvalue weighted by molar-refractivity contribution is -0.106. The number of ether oxygens (including phenoxy) is 1. The number of methoxy groups -OCH3 is 1. The summed E-state index contributed by atoms with van der Waals surface area (Å²) in [4.78, 5) is 15.0. The van der Waals surface area contributed by atoms with Gasteiger partial charge in [-0.05, 0) is 37.8 Å². The van der Waals surface area contributed by atoms with Gasteiger partial charge in [-0.25, -0.2) is 12.8 Å². The summed E-state index contributed by atoms with van der Waals surface area (Å²) >= 11 is 0. The Hall–Kier alpha value is -1.26. The van der Waals surface area contributed by atoms with Crippen molar-refractivity contribution in [1.29, 1.82) is 0 Å². The highest BCUT2D eigenvalue weighted by atomic mass is 35.5. The molecule has 1 aromatic carbocycles. The summed E-state index contributed by atoms with van der Waals surface area (Å²) in [5.41, 5.74) is -0.194. The van der Waals surface area contributed by atoms with Gasteiger partial charge in [0.05, 0.1) is 11.3 Å². The Labute approximate surface area is 197 Å². The predicted octanol–water partition coefficient (Wildman–Crippen LogP) is 2.82. The van der Waals surface area contributed by atoms with Gasteiger partial charge in [-0.15, -0.1) is 12.4 Å². The molecule has 0 radical (unpaired) electrons. The molecule has 1 N–H and O–H groups in total. The van der Waals surface area contributed by atoms with E-state index in [4.69, 9.17) is 4.74 Å². The van der Waals surface area contributed by atoms with Gasteiger partial charge in [-0.3, -0.25) is 9.69 Å². The van der Waals surface area contributed by atoms with Crippen LogP contribution in [0.15, 0.2) is 30.3 Å². The molecule has 1 aliphatic carbocycles. The van der Waals surface area contributed by atoms with Gasteiger partial charge < -0.3 is 10.1 Å². The summed E-state index contributed by atoms with van der Waals surface area (Å²) in [6, 6.07) is 8.88. The van der Waals surface area contributed by atoms with Crippen molar-refractivity contribution in [2.45, 2.75) is 57.0 Å². The van der Waals surface area contributed by atoms with Crippen molar-refractivity contribution in [3.05, 3.63) is 35.9 Å². The highest BCUT2D eigenvalue weighted by molar-refractivity contribution is 7.89. The van der Waals surface area contributed by atoms with E-state index in [0.717, 1.165) is 0 Å². The van der Waals surface area contributed by atoms with Gasteiger partial charge in [0.2, 0.25) is 10.0 Å². The summed E-state index contributed by atoms with van der Waals surface area (Å²) in [7, 11) is -1.74. The van der Waals surface area contributed by atoms with Crippen LogP contribution in [-0.4, -0.2) is 80.5 Å². The largest absolute Gasteiger partial charge is 0.360 e. The van der Waals surface area contributed by atoms with Crippen molar-refractivity contribution in [3.8, 4) is 0 Å². The molecule has 1 saturated heterocycles. The van der Waals surface area contributed by atoms with E-state index in [-0.39, 0.29) is 30.5 Å². The van der Waals surface area contributed by atoms with E-state index < -0.39 is 28.0 Å². The summed E-state index contributed by atoms with van der Waals surface area (Å²) in [6.07, 6.45) is 1.02. The Morgan fingerprint density at radius 3 is 2.47 bits per heavy atom. The summed E-state index contributed by atoms with van der Waals surface area (Å²) in [5, 5.41) is 2.97. The molecule has 1 aromatic rings. The molecule has 182 valence electrons. The molecule has 0 bridgehead atoms. The fourth-order valence-electron chi connectivity index (χ4n) is 4.91. The molecule has 1 heterocycles. The Kier molecular flexibility index (Phi) is 9.90. The van der Waals surface area contributed by atoms with Crippen LogP contribution in [0, 0.1) is 0 Å². The zero-order valence-corrected chi connectivity index (χ0v) is 20.5. The van der Waals surface area contributed by atoms with Crippen LogP contribution < -0.4 is 5.32 Å². The Morgan fingerprint density at radius 2 is 1.91 bits per heavy atom. The van der Waals surface area contributed by atoms with Crippen LogP contribution in [0.2, 0.25) is 0 Å². The number of sulfonamides is 1. The molecular weight excluding hydrogens is 457 g/mol. The minimum Gasteiger partial charge on any atom is -0.360 e. The first-order valence-electron chi connectivity index (χ1n) is 11.1. The van der Waals surface area contributed by atoms with Crippen molar-refractivity contribution in [3.63, 3.8) is 0 Å². The maximum Gasteiger partial charge on any atom is 0.253 e. The van der Waals surface area contributed by atoms with Crippen LogP contribution in [0.5, 0.6) is 0 Å². The third-order valence-corrected chi connectivity index (χ3v) is 8.52. The van der Waals surface area contributed by atoms with E-state index in [1.807, 2.05) is 13.0 Å². The number of rotatable bonds is 8. The first-order chi connectivity index (χ1) is 14.8. The van der Waals surface area contributed by atoms with Crippen LogP contribution in [0.25, 0.3) is 0 Å². The number of hydrogen-bond acceptors (Lipinski definition) is 5. The Balaban J connectivity index is 0.00000363. The second kappa shape index (κ2) is 11.7. The SMILES string of the molecule is CCCS(=O)(=O)N1CCN(C2(C(NC(=O)c3ccccc3)OC)CCCC(F)C2)CC1.Cl. The second-order valence-electron chi connectivity index (χ2n) is 8.45. The number of halogens is 2. The summed E-state index contributed by atoms with van der Waals surface area (Å²) < 4.78 is 46.8. The topological polar surface area (TPSA) is 79.0 Å². The van der Waals surface area contributed by atoms with E-state index in [1.165, 1.54) is 11.4 Å². The second-order valence-corrected chi connectivity index (χ2v) is 10.5. The van der Waals surface area contributed by atoms with Crippen molar-refractivity contribution < 1.29 is 22.3 Å². The van der Waals surface area contributed by atoms with E-state index in [0.29, 0.717) is 57.4 Å². The van der Waals surface area contributed by atoms with Crippen LogP contribution in [0.1, 0.15) is 49.4 Å². The van der Waals surface area contributed by atoms with Gasteiger partial charge >= 0.3 is 0 Å². The standard InChI is InChI=1S/C22H34FN3O4S.ClH/c1-3-16-31(28,29)26-14-12-25(13-15-26)22(11-7-10-19(23)17-22)21(30-2)24-20(27)18-8-5-4-6-9-18;/h4-6,8-9,19,21H,3,7,10-17H2,1-2H3,(H,24,27);1H. The maximum atomic E-state index is 14.7. The fraction of sp³-hybridized carbons (Fsp3) is 0.682. The van der Waals surface area contributed by atoms with Crippen molar-refractivity contribution in [1.82, 2.24) is 14.5 Å². The molecule has 7 nitrogen and oxygen atoms in total. The number of alkyl halides is 1. The molecule has 3 atom stereocenters. The first kappa shape index (κ1) is 27.0. The quantitative estimate of drug-likeness (QED) is 0.566. The van der Waals surface area contributed by atoms with Crippen LogP contribution >= 0.6 is 12.4 Å². The average Bonchev–Trinajstić information content (AvgIpc) is 2.78. The Bertz CT molecular complexity index is 837. The third kappa shape index (κ3) is 5.99. The van der Waals surface area contributed by atoms with Crippen LogP contribution in [0.3, 0.4) is 0 Å². The number of piperazine rings is 1. The van der Waals surface area contributed by atoms with Gasteiger partial charge in [0.1, 0.15) is 12.4 Å². The molecule has 1 amide bonds. The molecule has 0 aromatic heterocycles. The van der Waals surface area contributed by atoms with Gasteiger partial charge in [-0.1, -0.05) is 25.1 Å². The molecule has 3 unspecified atom stereocenters. The van der Waals surface area contributed by atoms with Gasteiger partial charge in [-0.2, -0.15) is 4.31 Å². The molecule has 1 aliphatic heterocycles. The highest BCUT2D eigenvalue weighted by Crippen LogP contribution is 2.39. The van der Waals surface area contributed by atoms with Gasteiger partial charge in [0, 0.05) is 45.3 Å². The third-order valence-electron chi connectivity index (χ3n) is 6.45. The molecule has 32 heavy (non-hydrogen) atoms. The van der Waals surface area contributed by atoms with E-state index in [1.54, 1.807) is 24.3 Å². The lowest BCUT2D eigenvalue weighted by Gasteiger charge is -2.53. The number of carbonyl (C=O) groups is 1. The zero-order chi connectivity index (χ0) is 22.5. The molecular formula is C22H35ClFN3O4S. The minimum absolute atomic E-state index is 0. The molecule has 10 heteroatoms. The number of amides is 1. The average molecular weight is 492 g/mol. The highest BCUT2D eigenvalue weighted by Gasteiger charge is 2.49. The maximum absolute atomic E-state index is 14.7. The molecule has 3 rings (SSSR count). The summed E-state index contributed by atoms with van der Waals surface area (Å²) in [6.45, 7) is 3.55. The number of carbonyl (C=O) groups excluding carboxylic acids is 1. The molecule has 2 aliphatic rings. The lowest BCUT2D eigenvalue weighted by Crippen LogP contribution is -2.68. The normalized spacial score (nSPS) is 26.2. The fourth-order valence-corrected chi connectivity index (χ4v) is 6.41. The number of nitrogens with one attached hydrogen (secondary N) is 1. The predicted molar refractivity (Wildman–Crippen MR) is 125 cm³/mol. The lowest BCUT2D eigenvalue weighted by atomic mass is 9.77. The number of hydrogen-bond donors (Lipinski definition) is 1. The Morgan fingerprint density at radius 1 is 1.25 bits per heavy atom. The molecule has 0 spiro atoms. The number of nitrogens with zero attached hydrogens (tertiary/aromatic N) is 2. The van der Waals surface area contributed by atoms with E-state index in [2.05, 4.69) is 10.2 Å². The zero-order valence-electron chi connectivity index (χ0n) is 18.8. The smallest absolute Gasteiger partial charge is 0.253 e. The summed E-state index contributed by atoms with van der Waals surface area (Å²) in [5.74, 6) is -0.129. The number of benzene rings is 1. The molecule has 1 saturated carbocycles. The van der Waals surface area contributed by atoms with Crippen molar-refractivity contribution in [2.75, 3.05) is 39.0 Å². The van der Waals surface area contributed by atoms with Crippen molar-refractivity contribution in [2.24, 2.45) is 0 Å². The van der Waals surface area contributed by atoms with Crippen LogP contribution in [-0.2, 0) is 14.8 Å².